The lowest BCUT2D eigenvalue weighted by molar-refractivity contribution is -0.117. The second-order valence-electron chi connectivity index (χ2n) is 8.68. The van der Waals surface area contributed by atoms with Gasteiger partial charge in [-0.15, -0.1) is 0 Å². The van der Waals surface area contributed by atoms with Crippen LogP contribution in [-0.2, 0) is 11.3 Å². The predicted molar refractivity (Wildman–Crippen MR) is 125 cm³/mol. The Hall–Kier alpha value is -2.53. The maximum absolute atomic E-state index is 12.4. The second kappa shape index (κ2) is 9.98. The average molecular weight is 407 g/mol. The van der Waals surface area contributed by atoms with E-state index in [1.54, 1.807) is 0 Å². The Bertz CT molecular complexity index is 806. The summed E-state index contributed by atoms with van der Waals surface area (Å²) < 4.78 is 0. The Morgan fingerprint density at radius 1 is 0.800 bits per heavy atom. The van der Waals surface area contributed by atoms with Gasteiger partial charge in [0.2, 0.25) is 5.91 Å². The van der Waals surface area contributed by atoms with Gasteiger partial charge < -0.3 is 15.1 Å². The van der Waals surface area contributed by atoms with Crippen molar-refractivity contribution in [2.45, 2.75) is 38.6 Å². The number of hydrogen-bond acceptors (Lipinski definition) is 4. The van der Waals surface area contributed by atoms with E-state index >= 15 is 0 Å². The van der Waals surface area contributed by atoms with Gasteiger partial charge in [-0.25, -0.2) is 0 Å². The minimum atomic E-state index is 0.0244. The van der Waals surface area contributed by atoms with Gasteiger partial charge in [0.25, 0.3) is 0 Å². The van der Waals surface area contributed by atoms with Crippen LogP contribution in [0.2, 0.25) is 0 Å². The van der Waals surface area contributed by atoms with Gasteiger partial charge in [0.1, 0.15) is 0 Å². The summed E-state index contributed by atoms with van der Waals surface area (Å²) in [6, 6.07) is 17.0. The smallest absolute Gasteiger partial charge is 0.238 e. The third-order valence-corrected chi connectivity index (χ3v) is 6.15. The molecule has 5 nitrogen and oxygen atoms in total. The Balaban J connectivity index is 1.24. The number of anilines is 3. The number of amides is 1. The van der Waals surface area contributed by atoms with Gasteiger partial charge in [-0.3, -0.25) is 9.69 Å². The first-order valence-electron chi connectivity index (χ1n) is 11.3. The Kier molecular flexibility index (Phi) is 6.90. The molecule has 0 aromatic heterocycles. The molecule has 1 amide bonds. The molecular weight excluding hydrogens is 372 g/mol. The fraction of sp³-hybridized carbons (Fsp3) is 0.480. The molecule has 2 saturated heterocycles. The minimum Gasteiger partial charge on any atom is -0.372 e. The van der Waals surface area contributed by atoms with Crippen LogP contribution in [0.1, 0.15) is 37.7 Å². The fourth-order valence-electron chi connectivity index (χ4n) is 4.51. The van der Waals surface area contributed by atoms with Crippen LogP contribution in [0.4, 0.5) is 17.1 Å². The van der Waals surface area contributed by atoms with Crippen LogP contribution in [0.3, 0.4) is 0 Å². The largest absolute Gasteiger partial charge is 0.372 e. The molecule has 4 rings (SSSR count). The van der Waals surface area contributed by atoms with Crippen LogP contribution >= 0.6 is 0 Å². The molecule has 0 radical (unpaired) electrons. The van der Waals surface area contributed by atoms with Crippen molar-refractivity contribution in [3.8, 4) is 0 Å². The van der Waals surface area contributed by atoms with E-state index in [9.17, 15) is 4.79 Å². The molecule has 0 atom stereocenters. The van der Waals surface area contributed by atoms with Crippen LogP contribution < -0.4 is 15.1 Å². The maximum atomic E-state index is 12.4. The van der Waals surface area contributed by atoms with Gasteiger partial charge in [-0.1, -0.05) is 12.1 Å². The molecule has 0 spiro atoms. The molecule has 0 aliphatic carbocycles. The van der Waals surface area contributed by atoms with Crippen LogP contribution in [0.25, 0.3) is 0 Å². The van der Waals surface area contributed by atoms with Gasteiger partial charge in [0, 0.05) is 49.8 Å². The molecule has 5 heteroatoms. The molecule has 0 unspecified atom stereocenters. The number of nitrogens with zero attached hydrogens (tertiary/aromatic N) is 3. The molecule has 2 aliphatic rings. The van der Waals surface area contributed by atoms with Crippen molar-refractivity contribution in [1.82, 2.24) is 4.90 Å². The molecule has 2 heterocycles. The van der Waals surface area contributed by atoms with E-state index in [0.717, 1.165) is 25.3 Å². The van der Waals surface area contributed by atoms with Crippen molar-refractivity contribution in [2.75, 3.05) is 54.9 Å². The number of nitrogens with one attached hydrogen (secondary N) is 1. The van der Waals surface area contributed by atoms with Crippen molar-refractivity contribution in [3.63, 3.8) is 0 Å². The van der Waals surface area contributed by atoms with Crippen LogP contribution in [0.5, 0.6) is 0 Å². The average Bonchev–Trinajstić information content (AvgIpc) is 3.30. The number of likely N-dealkylation sites (N-methyl/N-ethyl adjacent to an activating group) is 1. The summed E-state index contributed by atoms with van der Waals surface area (Å²) >= 11 is 0. The third kappa shape index (κ3) is 5.54. The first-order valence-corrected chi connectivity index (χ1v) is 11.3. The summed E-state index contributed by atoms with van der Waals surface area (Å²) in [6.07, 6.45) is 6.48. The van der Waals surface area contributed by atoms with E-state index in [-0.39, 0.29) is 5.91 Å². The lowest BCUT2D eigenvalue weighted by atomic mass is 10.1. The van der Waals surface area contributed by atoms with Crippen molar-refractivity contribution in [2.24, 2.45) is 0 Å². The Morgan fingerprint density at radius 2 is 1.30 bits per heavy atom. The molecule has 2 fully saturated rings. The molecule has 1 N–H and O–H groups in total. The zero-order valence-corrected chi connectivity index (χ0v) is 18.1. The highest BCUT2D eigenvalue weighted by molar-refractivity contribution is 5.92. The Morgan fingerprint density at radius 3 is 1.87 bits per heavy atom. The van der Waals surface area contributed by atoms with Crippen molar-refractivity contribution >= 4 is 23.0 Å². The first-order chi connectivity index (χ1) is 14.7. The van der Waals surface area contributed by atoms with Crippen LogP contribution in [0, 0.1) is 0 Å². The zero-order valence-electron chi connectivity index (χ0n) is 18.1. The number of carbonyl (C=O) groups is 1. The molecule has 2 aromatic carbocycles. The highest BCUT2D eigenvalue weighted by atomic mass is 16.2. The summed E-state index contributed by atoms with van der Waals surface area (Å²) in [5.41, 5.74) is 4.66. The van der Waals surface area contributed by atoms with E-state index in [1.807, 2.05) is 19.2 Å². The third-order valence-electron chi connectivity index (χ3n) is 6.15. The molecular formula is C25H34N4O. The molecule has 0 bridgehead atoms. The van der Waals surface area contributed by atoms with Crippen molar-refractivity contribution in [1.29, 1.82) is 0 Å². The predicted octanol–water partition coefficient (Wildman–Crippen LogP) is 4.35. The van der Waals surface area contributed by atoms with Crippen molar-refractivity contribution in [3.05, 3.63) is 54.1 Å². The SMILES string of the molecule is CN(CC(=O)Nc1ccc(N2CCCC2)cc1)Cc1ccc(N2CCCCC2)cc1. The van der Waals surface area contributed by atoms with Crippen LogP contribution in [-0.4, -0.2) is 50.6 Å². The van der Waals surface area contributed by atoms with Gasteiger partial charge in [-0.2, -0.15) is 0 Å². The van der Waals surface area contributed by atoms with E-state index in [4.69, 9.17) is 0 Å². The van der Waals surface area contributed by atoms with Gasteiger partial charge in [0.15, 0.2) is 0 Å². The van der Waals surface area contributed by atoms with Crippen LogP contribution in [0.15, 0.2) is 48.5 Å². The van der Waals surface area contributed by atoms with Crippen molar-refractivity contribution < 1.29 is 4.79 Å². The number of benzene rings is 2. The topological polar surface area (TPSA) is 38.8 Å². The lowest BCUT2D eigenvalue weighted by Crippen LogP contribution is -2.30. The number of piperidine rings is 1. The molecule has 0 saturated carbocycles. The molecule has 2 aliphatic heterocycles. The standard InChI is InChI=1S/C25H34N4O/c1-27(19-21-7-11-23(12-8-21)28-15-3-2-4-16-28)20-25(30)26-22-9-13-24(14-10-22)29-17-5-6-18-29/h7-14H,2-6,15-20H2,1H3,(H,26,30). The van der Waals surface area contributed by atoms with E-state index in [1.165, 1.54) is 62.1 Å². The number of hydrogen-bond donors (Lipinski definition) is 1. The number of carbonyl (C=O) groups excluding carboxylic acids is 1. The highest BCUT2D eigenvalue weighted by Crippen LogP contribution is 2.22. The van der Waals surface area contributed by atoms with E-state index in [0.29, 0.717) is 6.54 Å². The van der Waals surface area contributed by atoms with E-state index in [2.05, 4.69) is 56.4 Å². The second-order valence-corrected chi connectivity index (χ2v) is 8.68. The quantitative estimate of drug-likeness (QED) is 0.742. The minimum absolute atomic E-state index is 0.0244. The summed E-state index contributed by atoms with van der Waals surface area (Å²) in [5.74, 6) is 0.0244. The number of rotatable bonds is 7. The normalized spacial score (nSPS) is 16.9. The monoisotopic (exact) mass is 406 g/mol. The molecule has 2 aromatic rings. The summed E-state index contributed by atoms with van der Waals surface area (Å²) in [7, 11) is 1.99. The fourth-order valence-corrected chi connectivity index (χ4v) is 4.51. The van der Waals surface area contributed by atoms with Gasteiger partial charge in [0.05, 0.1) is 6.54 Å². The highest BCUT2D eigenvalue weighted by Gasteiger charge is 2.13. The first kappa shape index (κ1) is 20.7. The lowest BCUT2D eigenvalue weighted by Gasteiger charge is -2.29. The summed E-state index contributed by atoms with van der Waals surface area (Å²) in [5, 5.41) is 3.02. The maximum Gasteiger partial charge on any atom is 0.238 e. The molecule has 160 valence electrons. The van der Waals surface area contributed by atoms with E-state index < -0.39 is 0 Å². The summed E-state index contributed by atoms with van der Waals surface area (Å²) in [6.45, 7) is 5.74. The van der Waals surface area contributed by atoms with Gasteiger partial charge in [-0.05, 0) is 81.1 Å². The zero-order chi connectivity index (χ0) is 20.8. The molecule has 30 heavy (non-hydrogen) atoms. The summed E-state index contributed by atoms with van der Waals surface area (Å²) in [4.78, 5) is 19.4. The Labute approximate surface area is 180 Å². The van der Waals surface area contributed by atoms with Gasteiger partial charge >= 0.3 is 0 Å².